The van der Waals surface area contributed by atoms with E-state index in [4.69, 9.17) is 4.74 Å². The summed E-state index contributed by atoms with van der Waals surface area (Å²) in [5.74, 6) is -1.01. The maximum atomic E-state index is 12.1. The molecule has 1 saturated carbocycles. The first-order chi connectivity index (χ1) is 12.9. The largest absolute Gasteiger partial charge is 0.451 e. The van der Waals surface area contributed by atoms with Crippen molar-refractivity contribution in [2.24, 2.45) is 0 Å². The van der Waals surface area contributed by atoms with Crippen LogP contribution in [-0.2, 0) is 14.3 Å². The highest BCUT2D eigenvalue weighted by Gasteiger charge is 2.35. The number of hydrogen-bond acceptors (Lipinski definition) is 5. The van der Waals surface area contributed by atoms with E-state index in [-0.39, 0.29) is 5.57 Å². The van der Waals surface area contributed by atoms with Gasteiger partial charge in [0.05, 0.1) is 6.07 Å². The summed E-state index contributed by atoms with van der Waals surface area (Å²) in [6, 6.07) is 11.5. The molecule has 1 aliphatic carbocycles. The predicted octanol–water partition coefficient (Wildman–Crippen LogP) is 3.21. The van der Waals surface area contributed by atoms with E-state index in [2.05, 4.69) is 25.2 Å². The number of nitriles is 2. The number of benzene rings is 1. The van der Waals surface area contributed by atoms with Crippen LogP contribution in [0.2, 0.25) is 0 Å². The lowest BCUT2D eigenvalue weighted by atomic mass is 10.00. The van der Waals surface area contributed by atoms with Crippen molar-refractivity contribution >= 4 is 18.0 Å². The minimum Gasteiger partial charge on any atom is -0.451 e. The van der Waals surface area contributed by atoms with Gasteiger partial charge in [-0.25, -0.2) is 4.79 Å². The van der Waals surface area contributed by atoms with E-state index in [0.717, 1.165) is 18.4 Å². The number of carbonyl (C=O) groups is 2. The third-order valence-corrected chi connectivity index (χ3v) is 4.64. The van der Waals surface area contributed by atoms with Gasteiger partial charge in [-0.1, -0.05) is 38.1 Å². The fourth-order valence-corrected chi connectivity index (χ4v) is 3.04. The van der Waals surface area contributed by atoms with E-state index in [9.17, 15) is 20.1 Å². The Kier molecular flexibility index (Phi) is 6.73. The molecule has 6 heteroatoms. The molecule has 6 nitrogen and oxygen atoms in total. The van der Waals surface area contributed by atoms with Gasteiger partial charge in [0, 0.05) is 0 Å². The second kappa shape index (κ2) is 9.00. The maximum absolute atomic E-state index is 12.1. The van der Waals surface area contributed by atoms with E-state index in [0.29, 0.717) is 24.3 Å². The first-order valence-corrected chi connectivity index (χ1v) is 9.00. The molecule has 27 heavy (non-hydrogen) atoms. The Balaban J connectivity index is 1.95. The second-order valence-electron chi connectivity index (χ2n) is 7.02. The summed E-state index contributed by atoms with van der Waals surface area (Å²) < 4.78 is 4.94. The van der Waals surface area contributed by atoms with E-state index in [1.165, 1.54) is 6.08 Å². The standard InChI is InChI=1S/C21H23N3O3/c1-15(2)17-7-5-16(6-8-17)11-18(12-22)20(26)27-13-19(25)24-21(14-23)9-3-4-10-21/h5-8,11,15H,3-4,9-10,13H2,1-2H3,(H,24,25)/b18-11+. The maximum Gasteiger partial charge on any atom is 0.349 e. The smallest absolute Gasteiger partial charge is 0.349 e. The number of amides is 1. The van der Waals surface area contributed by atoms with E-state index in [1.807, 2.05) is 24.3 Å². The van der Waals surface area contributed by atoms with Crippen LogP contribution < -0.4 is 5.32 Å². The first-order valence-electron chi connectivity index (χ1n) is 9.00. The molecule has 1 aromatic rings. The molecule has 1 aromatic carbocycles. The summed E-state index contributed by atoms with van der Waals surface area (Å²) in [6.45, 7) is 3.64. The number of hydrogen-bond donors (Lipinski definition) is 1. The minimum atomic E-state index is -0.866. The Hall–Kier alpha value is -3.12. The summed E-state index contributed by atoms with van der Waals surface area (Å²) in [6.07, 6.45) is 4.38. The first kappa shape index (κ1) is 20.2. The van der Waals surface area contributed by atoms with Crippen molar-refractivity contribution < 1.29 is 14.3 Å². The van der Waals surface area contributed by atoms with Gasteiger partial charge in [-0.15, -0.1) is 0 Å². The highest BCUT2D eigenvalue weighted by atomic mass is 16.5. The van der Waals surface area contributed by atoms with Gasteiger partial charge in [0.25, 0.3) is 5.91 Å². The molecule has 1 N–H and O–H groups in total. The molecule has 140 valence electrons. The van der Waals surface area contributed by atoms with Crippen LogP contribution in [0.4, 0.5) is 0 Å². The summed E-state index contributed by atoms with van der Waals surface area (Å²) in [4.78, 5) is 24.1. The van der Waals surface area contributed by atoms with Gasteiger partial charge in [0.15, 0.2) is 6.61 Å². The molecule has 0 bridgehead atoms. The SMILES string of the molecule is CC(C)c1ccc(/C=C(\C#N)C(=O)OCC(=O)NC2(C#N)CCCC2)cc1. The van der Waals surface area contributed by atoms with Crippen LogP contribution >= 0.6 is 0 Å². The molecular formula is C21H23N3O3. The number of nitrogens with one attached hydrogen (secondary N) is 1. The Labute approximate surface area is 159 Å². The summed E-state index contributed by atoms with van der Waals surface area (Å²) in [5, 5.41) is 21.1. The highest BCUT2D eigenvalue weighted by molar-refractivity contribution is 5.98. The Morgan fingerprint density at radius 1 is 1.22 bits per heavy atom. The molecular weight excluding hydrogens is 342 g/mol. The molecule has 2 rings (SSSR count). The lowest BCUT2D eigenvalue weighted by Gasteiger charge is -2.21. The van der Waals surface area contributed by atoms with Gasteiger partial charge < -0.3 is 10.1 Å². The van der Waals surface area contributed by atoms with Crippen molar-refractivity contribution in [3.63, 3.8) is 0 Å². The van der Waals surface area contributed by atoms with Crippen molar-refractivity contribution in [2.75, 3.05) is 6.61 Å². The van der Waals surface area contributed by atoms with Crippen LogP contribution in [-0.4, -0.2) is 24.0 Å². The quantitative estimate of drug-likeness (QED) is 0.474. The second-order valence-corrected chi connectivity index (χ2v) is 7.02. The molecule has 0 heterocycles. The molecule has 1 fully saturated rings. The van der Waals surface area contributed by atoms with Crippen molar-refractivity contribution in [1.82, 2.24) is 5.32 Å². The van der Waals surface area contributed by atoms with Crippen LogP contribution in [0.5, 0.6) is 0 Å². The molecule has 0 radical (unpaired) electrons. The minimum absolute atomic E-state index is 0.184. The highest BCUT2D eigenvalue weighted by Crippen LogP contribution is 2.28. The van der Waals surface area contributed by atoms with Crippen molar-refractivity contribution in [3.05, 3.63) is 41.0 Å². The molecule has 1 amide bonds. The zero-order chi connectivity index (χ0) is 19.9. The van der Waals surface area contributed by atoms with E-state index < -0.39 is 24.0 Å². The lowest BCUT2D eigenvalue weighted by Crippen LogP contribution is -2.46. The van der Waals surface area contributed by atoms with Crippen LogP contribution in [0.1, 0.15) is 56.6 Å². The van der Waals surface area contributed by atoms with Crippen LogP contribution in [0.25, 0.3) is 6.08 Å². The number of nitrogens with zero attached hydrogens (tertiary/aromatic N) is 2. The molecule has 0 unspecified atom stereocenters. The molecule has 0 aliphatic heterocycles. The van der Waals surface area contributed by atoms with Crippen LogP contribution in [0.3, 0.4) is 0 Å². The third-order valence-electron chi connectivity index (χ3n) is 4.64. The summed E-state index contributed by atoms with van der Waals surface area (Å²) in [7, 11) is 0. The van der Waals surface area contributed by atoms with Gasteiger partial charge in [-0.3, -0.25) is 4.79 Å². The number of carbonyl (C=O) groups excluding carboxylic acids is 2. The van der Waals surface area contributed by atoms with E-state index >= 15 is 0 Å². The van der Waals surface area contributed by atoms with E-state index in [1.54, 1.807) is 6.07 Å². The molecule has 1 aliphatic rings. The number of ether oxygens (including phenoxy) is 1. The van der Waals surface area contributed by atoms with Crippen molar-refractivity contribution in [2.45, 2.75) is 51.0 Å². The zero-order valence-electron chi connectivity index (χ0n) is 15.6. The lowest BCUT2D eigenvalue weighted by molar-refractivity contribution is -0.144. The number of rotatable bonds is 6. The van der Waals surface area contributed by atoms with Gasteiger partial charge in [-0.05, 0) is 48.8 Å². The van der Waals surface area contributed by atoms with Crippen LogP contribution in [0.15, 0.2) is 29.8 Å². The molecule has 0 spiro atoms. The monoisotopic (exact) mass is 365 g/mol. The number of esters is 1. The normalized spacial score (nSPS) is 15.7. The summed E-state index contributed by atoms with van der Waals surface area (Å²) >= 11 is 0. The average molecular weight is 365 g/mol. The topological polar surface area (TPSA) is 103 Å². The molecule has 0 aromatic heterocycles. The predicted molar refractivity (Wildman–Crippen MR) is 100 cm³/mol. The fraction of sp³-hybridized carbons (Fsp3) is 0.429. The zero-order valence-corrected chi connectivity index (χ0v) is 15.6. The van der Waals surface area contributed by atoms with Gasteiger partial charge in [0.1, 0.15) is 17.2 Å². The van der Waals surface area contributed by atoms with Gasteiger partial charge >= 0.3 is 5.97 Å². The average Bonchev–Trinajstić information content (AvgIpc) is 3.13. The Bertz CT molecular complexity index is 805. The Morgan fingerprint density at radius 3 is 2.37 bits per heavy atom. The Morgan fingerprint density at radius 2 is 1.85 bits per heavy atom. The molecule has 0 atom stereocenters. The summed E-state index contributed by atoms with van der Waals surface area (Å²) in [5.41, 5.74) is 0.807. The van der Waals surface area contributed by atoms with Crippen molar-refractivity contribution in [1.29, 1.82) is 10.5 Å². The molecule has 0 saturated heterocycles. The van der Waals surface area contributed by atoms with Crippen molar-refractivity contribution in [3.8, 4) is 12.1 Å². The van der Waals surface area contributed by atoms with Gasteiger partial charge in [0.2, 0.25) is 0 Å². The fourth-order valence-electron chi connectivity index (χ4n) is 3.04. The third kappa shape index (κ3) is 5.43. The van der Waals surface area contributed by atoms with Gasteiger partial charge in [-0.2, -0.15) is 10.5 Å². The van der Waals surface area contributed by atoms with Crippen LogP contribution in [0, 0.1) is 22.7 Å².